The number of hydrogen-bond acceptors (Lipinski definition) is 4. The maximum atomic E-state index is 5.77. The van der Waals surface area contributed by atoms with Crippen LogP contribution in [0.2, 0.25) is 0 Å². The van der Waals surface area contributed by atoms with Gasteiger partial charge in [0.1, 0.15) is 0 Å². The van der Waals surface area contributed by atoms with Gasteiger partial charge in [-0.25, -0.2) is 4.68 Å². The van der Waals surface area contributed by atoms with Crippen LogP contribution in [0.4, 0.5) is 0 Å². The number of rotatable bonds is 8. The van der Waals surface area contributed by atoms with Crippen LogP contribution >= 0.6 is 12.2 Å². The summed E-state index contributed by atoms with van der Waals surface area (Å²) in [6.45, 7) is 1.64. The summed E-state index contributed by atoms with van der Waals surface area (Å²) < 4.78 is 1.72. The van der Waals surface area contributed by atoms with Gasteiger partial charge in [0, 0.05) is 26.6 Å². The molecule has 0 N–H and O–H groups in total. The molecule has 0 radical (unpaired) electrons. The molecule has 134 valence electrons. The number of hydrogen-bond donors (Lipinski definition) is 0. The van der Waals surface area contributed by atoms with Gasteiger partial charge in [0.25, 0.3) is 0 Å². The van der Waals surface area contributed by atoms with E-state index in [4.69, 9.17) is 12.2 Å². The van der Waals surface area contributed by atoms with Crippen LogP contribution in [0.3, 0.4) is 0 Å². The normalized spacial score (nSPS) is 10.7. The molecule has 26 heavy (non-hydrogen) atoms. The molecule has 0 aliphatic rings. The highest BCUT2D eigenvalue weighted by molar-refractivity contribution is 7.80. The molecule has 0 bridgehead atoms. The summed E-state index contributed by atoms with van der Waals surface area (Å²) in [6.07, 6.45) is 2.61. The number of aromatic nitrogens is 4. The van der Waals surface area contributed by atoms with Crippen LogP contribution in [-0.2, 0) is 26.6 Å². The molecule has 0 atom stereocenters. The second kappa shape index (κ2) is 9.20. The fraction of sp³-hybridized carbons (Fsp3) is 0.300. The van der Waals surface area contributed by atoms with Crippen molar-refractivity contribution in [1.82, 2.24) is 25.1 Å². The highest BCUT2D eigenvalue weighted by Gasteiger charge is 2.12. The number of thiocarbonyl (C=S) groups is 1. The first-order chi connectivity index (χ1) is 12.7. The van der Waals surface area contributed by atoms with Gasteiger partial charge in [-0.2, -0.15) is 0 Å². The first kappa shape index (κ1) is 18.2. The van der Waals surface area contributed by atoms with Gasteiger partial charge < -0.3 is 4.90 Å². The topological polar surface area (TPSA) is 46.8 Å². The van der Waals surface area contributed by atoms with Gasteiger partial charge in [0.05, 0.1) is 4.99 Å². The Hall–Kier alpha value is -2.60. The van der Waals surface area contributed by atoms with Crippen molar-refractivity contribution in [1.29, 1.82) is 0 Å². The molecule has 2 aromatic carbocycles. The van der Waals surface area contributed by atoms with Crippen LogP contribution in [-0.4, -0.2) is 30.1 Å². The lowest BCUT2D eigenvalue weighted by Gasteiger charge is -2.26. The van der Waals surface area contributed by atoms with Crippen LogP contribution in [0.15, 0.2) is 60.7 Å². The smallest absolute Gasteiger partial charge is 0.150 e. The van der Waals surface area contributed by atoms with E-state index in [-0.39, 0.29) is 0 Å². The van der Waals surface area contributed by atoms with Gasteiger partial charge in [-0.15, -0.1) is 5.10 Å². The summed E-state index contributed by atoms with van der Waals surface area (Å²) in [4.78, 5) is 3.27. The maximum absolute atomic E-state index is 5.77. The molecule has 5 nitrogen and oxygen atoms in total. The summed E-state index contributed by atoms with van der Waals surface area (Å²) in [5.41, 5.74) is 2.53. The van der Waals surface area contributed by atoms with Crippen molar-refractivity contribution in [3.05, 3.63) is 77.6 Å². The molecule has 3 aromatic rings. The summed E-state index contributed by atoms with van der Waals surface area (Å²) in [7, 11) is 1.87. The Labute approximate surface area is 159 Å². The number of nitrogens with zero attached hydrogens (tertiary/aromatic N) is 5. The van der Waals surface area contributed by atoms with Gasteiger partial charge >= 0.3 is 0 Å². The summed E-state index contributed by atoms with van der Waals surface area (Å²) in [5, 5.41) is 11.6. The van der Waals surface area contributed by atoms with E-state index in [1.54, 1.807) is 4.68 Å². The van der Waals surface area contributed by atoms with Crippen molar-refractivity contribution in [2.24, 2.45) is 7.05 Å². The van der Waals surface area contributed by atoms with Gasteiger partial charge in [-0.05, 0) is 34.4 Å². The lowest BCUT2D eigenvalue weighted by Crippen LogP contribution is -2.28. The minimum atomic E-state index is 0.820. The molecule has 1 heterocycles. The molecular weight excluding hydrogens is 342 g/mol. The standard InChI is InChI=1S/C20H23N5S/c1-24-19(21-22-23-24)13-8-14-20(26)25(15-17-9-4-2-5-10-17)16-18-11-6-3-7-12-18/h2-7,9-12H,8,13-16H2,1H3. The van der Waals surface area contributed by atoms with Crippen LogP contribution in [0.1, 0.15) is 29.8 Å². The van der Waals surface area contributed by atoms with Gasteiger partial charge in [0.2, 0.25) is 0 Å². The first-order valence-corrected chi connectivity index (χ1v) is 9.20. The van der Waals surface area contributed by atoms with E-state index < -0.39 is 0 Å². The van der Waals surface area contributed by atoms with Crippen molar-refractivity contribution in [2.75, 3.05) is 0 Å². The molecule has 1 aromatic heterocycles. The van der Waals surface area contributed by atoms with E-state index in [2.05, 4.69) is 69.0 Å². The van der Waals surface area contributed by atoms with Gasteiger partial charge in [-0.1, -0.05) is 72.9 Å². The second-order valence-electron chi connectivity index (χ2n) is 6.29. The Bertz CT molecular complexity index is 775. The summed E-state index contributed by atoms with van der Waals surface area (Å²) >= 11 is 5.77. The van der Waals surface area contributed by atoms with E-state index >= 15 is 0 Å². The third kappa shape index (κ3) is 5.20. The average Bonchev–Trinajstić information content (AvgIpc) is 3.08. The lowest BCUT2D eigenvalue weighted by atomic mass is 10.1. The molecule has 3 rings (SSSR count). The van der Waals surface area contributed by atoms with Crippen molar-refractivity contribution in [3.63, 3.8) is 0 Å². The largest absolute Gasteiger partial charge is 0.358 e. The third-order valence-corrected chi connectivity index (χ3v) is 4.75. The quantitative estimate of drug-likeness (QED) is 0.571. The average molecular weight is 366 g/mol. The molecule has 0 aliphatic carbocycles. The fourth-order valence-electron chi connectivity index (χ4n) is 2.86. The Morgan fingerprint density at radius 3 is 2.04 bits per heavy atom. The number of benzene rings is 2. The van der Waals surface area contributed by atoms with Crippen molar-refractivity contribution >= 4 is 17.2 Å². The van der Waals surface area contributed by atoms with Gasteiger partial charge in [0.15, 0.2) is 5.82 Å². The molecule has 0 saturated heterocycles. The zero-order valence-corrected chi connectivity index (χ0v) is 15.8. The van der Waals surface area contributed by atoms with Crippen LogP contribution in [0.25, 0.3) is 0 Å². The Morgan fingerprint density at radius 2 is 1.54 bits per heavy atom. The highest BCUT2D eigenvalue weighted by atomic mass is 32.1. The second-order valence-corrected chi connectivity index (χ2v) is 6.76. The van der Waals surface area contributed by atoms with Crippen LogP contribution in [0, 0.1) is 0 Å². The zero-order chi connectivity index (χ0) is 18.2. The Morgan fingerprint density at radius 1 is 0.962 bits per heavy atom. The van der Waals surface area contributed by atoms with Crippen LogP contribution < -0.4 is 0 Å². The van der Waals surface area contributed by atoms with E-state index in [0.29, 0.717) is 0 Å². The van der Waals surface area contributed by atoms with Crippen molar-refractivity contribution in [2.45, 2.75) is 32.4 Å². The summed E-state index contributed by atoms with van der Waals surface area (Å²) in [6, 6.07) is 20.9. The fourth-order valence-corrected chi connectivity index (χ4v) is 3.13. The van der Waals surface area contributed by atoms with E-state index in [1.165, 1.54) is 11.1 Å². The molecule has 0 amide bonds. The van der Waals surface area contributed by atoms with E-state index in [0.717, 1.165) is 43.2 Å². The Balaban J connectivity index is 1.63. The van der Waals surface area contributed by atoms with E-state index in [1.807, 2.05) is 19.2 Å². The van der Waals surface area contributed by atoms with Crippen LogP contribution in [0.5, 0.6) is 0 Å². The third-order valence-electron chi connectivity index (χ3n) is 4.28. The van der Waals surface area contributed by atoms with Crippen molar-refractivity contribution in [3.8, 4) is 0 Å². The number of tetrazole rings is 1. The molecule has 0 unspecified atom stereocenters. The minimum absolute atomic E-state index is 0.820. The monoisotopic (exact) mass is 365 g/mol. The molecule has 0 saturated carbocycles. The summed E-state index contributed by atoms with van der Waals surface area (Å²) in [5.74, 6) is 0.894. The lowest BCUT2D eigenvalue weighted by molar-refractivity contribution is 0.404. The molecule has 6 heteroatoms. The highest BCUT2D eigenvalue weighted by Crippen LogP contribution is 2.14. The predicted octanol–water partition coefficient (Wildman–Crippen LogP) is 3.56. The maximum Gasteiger partial charge on any atom is 0.150 e. The predicted molar refractivity (Wildman–Crippen MR) is 106 cm³/mol. The molecule has 0 aliphatic heterocycles. The number of aryl methyl sites for hydroxylation is 2. The van der Waals surface area contributed by atoms with Crippen molar-refractivity contribution < 1.29 is 0 Å². The van der Waals surface area contributed by atoms with E-state index in [9.17, 15) is 0 Å². The van der Waals surface area contributed by atoms with Gasteiger partial charge in [-0.3, -0.25) is 0 Å². The molecule has 0 fully saturated rings. The molecular formula is C20H23N5S. The first-order valence-electron chi connectivity index (χ1n) is 8.79. The SMILES string of the molecule is Cn1nnnc1CCCC(=S)N(Cc1ccccc1)Cc1ccccc1. The minimum Gasteiger partial charge on any atom is -0.358 e. The zero-order valence-electron chi connectivity index (χ0n) is 15.0. The molecule has 0 spiro atoms. The Kier molecular flexibility index (Phi) is 6.44.